The van der Waals surface area contributed by atoms with Crippen LogP contribution in [0.3, 0.4) is 0 Å². The Morgan fingerprint density at radius 3 is 1.84 bits per heavy atom. The van der Waals surface area contributed by atoms with Gasteiger partial charge in [0.15, 0.2) is 5.79 Å². The van der Waals surface area contributed by atoms with Crippen LogP contribution in [-0.4, -0.2) is 58.6 Å². The lowest BCUT2D eigenvalue weighted by atomic mass is 9.88. The molecule has 2 aromatic carbocycles. The first-order valence-electron chi connectivity index (χ1n) is 17.2. The van der Waals surface area contributed by atoms with E-state index in [1.807, 2.05) is 0 Å². The van der Waals surface area contributed by atoms with E-state index in [-0.39, 0.29) is 23.4 Å². The molecule has 2 heterocycles. The molecule has 0 bridgehead atoms. The molecular formula is C37H60O5Si2. The van der Waals surface area contributed by atoms with Gasteiger partial charge in [0.05, 0.1) is 18.3 Å². The zero-order valence-electron chi connectivity index (χ0n) is 29.1. The third-order valence-electron chi connectivity index (χ3n) is 10.4. The van der Waals surface area contributed by atoms with Gasteiger partial charge in [0.1, 0.15) is 6.10 Å². The zero-order chi connectivity index (χ0) is 32.3. The van der Waals surface area contributed by atoms with Crippen LogP contribution in [0.5, 0.6) is 0 Å². The van der Waals surface area contributed by atoms with Gasteiger partial charge in [-0.2, -0.15) is 0 Å². The minimum absolute atomic E-state index is 0.0356. The van der Waals surface area contributed by atoms with Crippen molar-refractivity contribution in [1.82, 2.24) is 0 Å². The van der Waals surface area contributed by atoms with E-state index in [1.165, 1.54) is 10.4 Å². The van der Waals surface area contributed by atoms with Gasteiger partial charge in [0.2, 0.25) is 8.32 Å². The van der Waals surface area contributed by atoms with Crippen LogP contribution in [0.1, 0.15) is 101 Å². The first kappa shape index (κ1) is 35.5. The van der Waals surface area contributed by atoms with E-state index < -0.39 is 28.5 Å². The molecule has 0 aliphatic carbocycles. The standard InChI is InChI=1S/C37H60O5Si2/c1-27(2)43(28(3)4,29(5)6)42-34-26-31(41-37(35(34)38)24-17-18-30(7)40-37)23-25-39-44(36(8,9)10,32-19-13-11-14-20-32)33-21-15-12-16-22-33/h11-16,19-22,27-31,34-35,38H,17-18,23-26H2,1-10H3/t30-,31-,34-,35+,37-/m1/s1. The Labute approximate surface area is 270 Å². The summed E-state index contributed by atoms with van der Waals surface area (Å²) in [6, 6.07) is 21.6. The molecular weight excluding hydrogens is 581 g/mol. The van der Waals surface area contributed by atoms with Crippen molar-refractivity contribution in [1.29, 1.82) is 0 Å². The highest BCUT2D eigenvalue weighted by Crippen LogP contribution is 2.48. The lowest BCUT2D eigenvalue weighted by molar-refractivity contribution is -0.364. The molecule has 4 rings (SSSR count). The van der Waals surface area contributed by atoms with Crippen LogP contribution in [0.2, 0.25) is 21.7 Å². The van der Waals surface area contributed by atoms with Crippen molar-refractivity contribution in [2.45, 2.75) is 153 Å². The first-order chi connectivity index (χ1) is 20.7. The molecule has 0 aromatic heterocycles. The average molecular weight is 641 g/mol. The van der Waals surface area contributed by atoms with Crippen LogP contribution in [0, 0.1) is 0 Å². The first-order valence-corrected chi connectivity index (χ1v) is 21.2. The number of hydrogen-bond donors (Lipinski definition) is 1. The summed E-state index contributed by atoms with van der Waals surface area (Å²) in [4.78, 5) is 0. The van der Waals surface area contributed by atoms with Crippen LogP contribution < -0.4 is 10.4 Å². The summed E-state index contributed by atoms with van der Waals surface area (Å²) in [6.45, 7) is 23.5. The van der Waals surface area contributed by atoms with Crippen LogP contribution in [0.25, 0.3) is 0 Å². The maximum absolute atomic E-state index is 12.0. The molecule has 44 heavy (non-hydrogen) atoms. The summed E-state index contributed by atoms with van der Waals surface area (Å²) in [5.41, 5.74) is 1.28. The van der Waals surface area contributed by atoms with Gasteiger partial charge in [0, 0.05) is 19.4 Å². The van der Waals surface area contributed by atoms with E-state index in [1.54, 1.807) is 0 Å². The van der Waals surface area contributed by atoms with Gasteiger partial charge in [-0.1, -0.05) is 123 Å². The topological polar surface area (TPSA) is 57.2 Å². The quantitative estimate of drug-likeness (QED) is 0.253. The molecule has 0 unspecified atom stereocenters. The van der Waals surface area contributed by atoms with Gasteiger partial charge in [-0.05, 0) is 58.2 Å². The van der Waals surface area contributed by atoms with Crippen molar-refractivity contribution < 1.29 is 23.4 Å². The van der Waals surface area contributed by atoms with E-state index in [2.05, 4.69) is 130 Å². The van der Waals surface area contributed by atoms with E-state index in [0.717, 1.165) is 19.3 Å². The molecule has 7 heteroatoms. The smallest absolute Gasteiger partial charge is 0.261 e. The summed E-state index contributed by atoms with van der Waals surface area (Å²) in [5.74, 6) is -1.03. The molecule has 1 spiro atoms. The molecule has 0 saturated carbocycles. The number of aliphatic hydroxyl groups excluding tert-OH is 1. The summed E-state index contributed by atoms with van der Waals surface area (Å²) in [6.07, 6.45) is 2.75. The SMILES string of the molecule is CC(C)[Si](O[C@@H]1C[C@@H](CCO[Si](c2ccccc2)(c2ccccc2)C(C)(C)C)O[C@]2(CCC[C@@H](C)O2)[C@H]1O)(C(C)C)C(C)C. The molecule has 0 radical (unpaired) electrons. The fraction of sp³-hybridized carbons (Fsp3) is 0.676. The minimum atomic E-state index is -2.67. The van der Waals surface area contributed by atoms with E-state index in [4.69, 9.17) is 18.3 Å². The Hall–Kier alpha value is -1.33. The van der Waals surface area contributed by atoms with Gasteiger partial charge in [-0.15, -0.1) is 0 Å². The lowest BCUT2D eigenvalue weighted by Crippen LogP contribution is -2.67. The van der Waals surface area contributed by atoms with E-state index in [9.17, 15) is 5.11 Å². The summed E-state index contributed by atoms with van der Waals surface area (Å²) in [7, 11) is -4.92. The number of ether oxygens (including phenoxy) is 2. The van der Waals surface area contributed by atoms with Gasteiger partial charge in [0.25, 0.3) is 8.32 Å². The summed E-state index contributed by atoms with van der Waals surface area (Å²) < 4.78 is 28.0. The third kappa shape index (κ3) is 6.85. The molecule has 2 fully saturated rings. The number of rotatable bonds is 11. The maximum Gasteiger partial charge on any atom is 0.261 e. The Kier molecular flexibility index (Phi) is 11.5. The van der Waals surface area contributed by atoms with Crippen LogP contribution in [0.15, 0.2) is 60.7 Å². The van der Waals surface area contributed by atoms with Crippen LogP contribution in [-0.2, 0) is 18.3 Å². The highest BCUT2D eigenvalue weighted by Gasteiger charge is 2.57. The highest BCUT2D eigenvalue weighted by molar-refractivity contribution is 6.99. The Balaban J connectivity index is 1.66. The van der Waals surface area contributed by atoms with Crippen molar-refractivity contribution in [3.05, 3.63) is 60.7 Å². The highest BCUT2D eigenvalue weighted by atomic mass is 28.4. The summed E-state index contributed by atoms with van der Waals surface area (Å²) >= 11 is 0. The summed E-state index contributed by atoms with van der Waals surface area (Å²) in [5, 5.41) is 14.4. The van der Waals surface area contributed by atoms with E-state index >= 15 is 0 Å². The largest absolute Gasteiger partial charge is 0.410 e. The van der Waals surface area contributed by atoms with Crippen molar-refractivity contribution in [2.75, 3.05) is 6.61 Å². The number of benzene rings is 2. The zero-order valence-corrected chi connectivity index (χ0v) is 31.1. The van der Waals surface area contributed by atoms with Crippen molar-refractivity contribution >= 4 is 27.0 Å². The molecule has 1 N–H and O–H groups in total. The Morgan fingerprint density at radius 1 is 0.864 bits per heavy atom. The van der Waals surface area contributed by atoms with Gasteiger partial charge in [-0.25, -0.2) is 0 Å². The molecule has 2 aliphatic rings. The average Bonchev–Trinajstić information content (AvgIpc) is 2.96. The molecule has 2 saturated heterocycles. The second-order valence-electron chi connectivity index (χ2n) is 15.3. The predicted octanol–water partition coefficient (Wildman–Crippen LogP) is 7.95. The Morgan fingerprint density at radius 2 is 1.39 bits per heavy atom. The lowest BCUT2D eigenvalue weighted by Gasteiger charge is -2.54. The maximum atomic E-state index is 12.0. The molecule has 0 amide bonds. The number of hydrogen-bond acceptors (Lipinski definition) is 5. The predicted molar refractivity (Wildman–Crippen MR) is 187 cm³/mol. The molecule has 5 atom stereocenters. The van der Waals surface area contributed by atoms with Gasteiger partial charge < -0.3 is 23.4 Å². The molecule has 246 valence electrons. The van der Waals surface area contributed by atoms with Crippen LogP contribution in [0.4, 0.5) is 0 Å². The molecule has 5 nitrogen and oxygen atoms in total. The number of aliphatic hydroxyl groups is 1. The van der Waals surface area contributed by atoms with E-state index in [0.29, 0.717) is 36.1 Å². The second-order valence-corrected chi connectivity index (χ2v) is 25.0. The fourth-order valence-electron chi connectivity index (χ4n) is 8.53. The Bertz CT molecular complexity index is 1100. The van der Waals surface area contributed by atoms with Crippen molar-refractivity contribution in [3.8, 4) is 0 Å². The second kappa shape index (κ2) is 14.2. The minimum Gasteiger partial charge on any atom is -0.410 e. The van der Waals surface area contributed by atoms with Crippen molar-refractivity contribution in [3.63, 3.8) is 0 Å². The normalized spacial score (nSPS) is 27.0. The monoisotopic (exact) mass is 640 g/mol. The fourth-order valence-corrected chi connectivity index (χ4v) is 18.7. The molecule has 2 aromatic rings. The van der Waals surface area contributed by atoms with Gasteiger partial charge in [-0.3, -0.25) is 0 Å². The van der Waals surface area contributed by atoms with Crippen LogP contribution >= 0.6 is 0 Å². The van der Waals surface area contributed by atoms with Gasteiger partial charge >= 0.3 is 0 Å². The molecule has 2 aliphatic heterocycles. The third-order valence-corrected chi connectivity index (χ3v) is 21.6. The van der Waals surface area contributed by atoms with Crippen molar-refractivity contribution in [2.24, 2.45) is 0 Å².